The van der Waals surface area contributed by atoms with E-state index in [1.807, 2.05) is 0 Å². The normalized spacial score (nSPS) is 15.2. The predicted octanol–water partition coefficient (Wildman–Crippen LogP) is -5.96. The number of carbonyl (C=O) groups excluding carboxylic acids is 10. The van der Waals surface area contributed by atoms with Crippen molar-refractivity contribution in [3.63, 3.8) is 0 Å². The fourth-order valence-electron chi connectivity index (χ4n) is 7.50. The van der Waals surface area contributed by atoms with E-state index in [0.29, 0.717) is 19.3 Å². The SMILES string of the molecule is CC[C@H](C)[C@H](NC(=O)[C@H](CCCCN)NC(=O)[C@H](C)NC(=O)[C@@H](N)CCC(N)=O)C(=O)N[C@@H](CCCN=C(N)N)C(=O)N[C@H](C(=O)N[C@@H](CCCN=C(N)N)C(=O)N[C@@H](CC(C)C)C(=O)N[C@@H](CO)C(=O)N[C@@H](C)C(=O)O)C(C)C. The van der Waals surface area contributed by atoms with Crippen LogP contribution in [0.1, 0.15) is 126 Å². The van der Waals surface area contributed by atoms with E-state index in [2.05, 4.69) is 57.8 Å². The Hall–Kier alpha value is -7.41. The van der Waals surface area contributed by atoms with Crippen molar-refractivity contribution in [1.82, 2.24) is 47.9 Å². The second-order valence-corrected chi connectivity index (χ2v) is 20.3. The first-order chi connectivity index (χ1) is 37.4. The molecule has 0 aromatic heterocycles. The van der Waals surface area contributed by atoms with Gasteiger partial charge in [0.2, 0.25) is 59.1 Å². The number of nitrogens with two attached hydrogens (primary N) is 7. The molecule has 0 aliphatic carbocycles. The molecule has 80 heavy (non-hydrogen) atoms. The van der Waals surface area contributed by atoms with Gasteiger partial charge in [0.05, 0.1) is 12.6 Å². The zero-order valence-electron chi connectivity index (χ0n) is 47.4. The number of nitrogens with one attached hydrogen (secondary N) is 9. The number of amides is 10. The van der Waals surface area contributed by atoms with Crippen LogP contribution in [0.3, 0.4) is 0 Å². The number of hydrogen-bond donors (Lipinski definition) is 18. The lowest BCUT2D eigenvalue weighted by Crippen LogP contribution is -2.62. The molecule has 0 spiro atoms. The number of aliphatic imine (C=N–C) groups is 2. The molecule has 0 unspecified atom stereocenters. The topological polar surface area (TPSA) is 543 Å². The Bertz CT molecular complexity index is 2120. The monoisotopic (exact) mass is 1140 g/mol. The maximum Gasteiger partial charge on any atom is 0.325 e. The highest BCUT2D eigenvalue weighted by Gasteiger charge is 2.37. The maximum atomic E-state index is 14.4. The lowest BCUT2D eigenvalue weighted by molar-refractivity contribution is -0.142. The highest BCUT2D eigenvalue weighted by atomic mass is 16.4. The van der Waals surface area contributed by atoms with Crippen molar-refractivity contribution in [2.75, 3.05) is 26.2 Å². The van der Waals surface area contributed by atoms with Crippen LogP contribution in [0.2, 0.25) is 0 Å². The van der Waals surface area contributed by atoms with Crippen LogP contribution in [-0.4, -0.2) is 174 Å². The van der Waals surface area contributed by atoms with E-state index in [1.165, 1.54) is 13.8 Å². The molecule has 0 aliphatic rings. The molecule has 456 valence electrons. The van der Waals surface area contributed by atoms with Gasteiger partial charge >= 0.3 is 5.97 Å². The van der Waals surface area contributed by atoms with Gasteiger partial charge in [0.25, 0.3) is 0 Å². The molecule has 31 heteroatoms. The number of aliphatic hydroxyl groups excluding tert-OH is 1. The average Bonchev–Trinajstić information content (AvgIpc) is 3.37. The molecule has 0 aliphatic heterocycles. The molecular formula is C49H92N18O13. The van der Waals surface area contributed by atoms with Crippen LogP contribution in [0.5, 0.6) is 0 Å². The van der Waals surface area contributed by atoms with Gasteiger partial charge in [-0.25, -0.2) is 0 Å². The van der Waals surface area contributed by atoms with Crippen molar-refractivity contribution in [3.8, 4) is 0 Å². The quantitative estimate of drug-likeness (QED) is 0.0154. The number of nitrogens with zero attached hydrogens (tertiary/aromatic N) is 2. The first-order valence-corrected chi connectivity index (χ1v) is 26.8. The third kappa shape index (κ3) is 29.0. The van der Waals surface area contributed by atoms with Gasteiger partial charge in [0.15, 0.2) is 11.9 Å². The molecule has 10 amide bonds. The second-order valence-electron chi connectivity index (χ2n) is 20.3. The number of aliphatic carboxylic acids is 1. The fraction of sp³-hybridized carbons (Fsp3) is 0.735. The summed E-state index contributed by atoms with van der Waals surface area (Å²) < 4.78 is 0. The lowest BCUT2D eigenvalue weighted by Gasteiger charge is -2.30. The van der Waals surface area contributed by atoms with Gasteiger partial charge in [0, 0.05) is 19.5 Å². The van der Waals surface area contributed by atoms with Crippen molar-refractivity contribution >= 4 is 77.0 Å². The molecule has 31 nitrogen and oxygen atoms in total. The van der Waals surface area contributed by atoms with E-state index in [1.54, 1.807) is 41.5 Å². The Morgan fingerprint density at radius 2 is 0.887 bits per heavy atom. The zero-order valence-corrected chi connectivity index (χ0v) is 47.4. The molecule has 0 aromatic rings. The van der Waals surface area contributed by atoms with E-state index in [-0.39, 0.29) is 88.8 Å². The van der Waals surface area contributed by atoms with Crippen LogP contribution in [0.4, 0.5) is 0 Å². The summed E-state index contributed by atoms with van der Waals surface area (Å²) in [5.41, 5.74) is 38.8. The van der Waals surface area contributed by atoms with Crippen LogP contribution in [-0.2, 0) is 52.7 Å². The Balaban J connectivity index is 6.89. The number of carboxylic acid groups (broad SMARTS) is 1. The predicted molar refractivity (Wildman–Crippen MR) is 296 cm³/mol. The van der Waals surface area contributed by atoms with Gasteiger partial charge in [-0.15, -0.1) is 0 Å². The summed E-state index contributed by atoms with van der Waals surface area (Å²) in [6.07, 6.45) is 1.09. The standard InChI is InChI=1S/C49H92N18O13/c1-9-26(6)37(67-42(74)30(14-10-11-19-50)61-38(70)27(7)59-39(71)29(51)17-18-35(52)69)46(78)63-32(16-13-21-58-49(55)56)41(73)66-36(25(4)5)45(77)62-31(15-12-20-57-48(53)54)40(72)64-33(22-24(2)3)43(75)65-34(23-68)44(76)60-28(8)47(79)80/h24-34,36-37,68H,9-23,50-51H2,1-8H3,(H2,52,69)(H,59,71)(H,60,76)(H,61,70)(H,62,77)(H,63,78)(H,64,72)(H,65,75)(H,66,73)(H,67,74)(H,79,80)(H4,53,54,57)(H4,55,56,58)/t26-,27-,28-,29-,30-,31-,32-,33-,34-,36-,37-/m0/s1. The number of aliphatic hydroxyl groups is 1. The van der Waals surface area contributed by atoms with E-state index in [9.17, 15) is 63.0 Å². The number of hydrogen-bond acceptors (Lipinski definition) is 16. The maximum absolute atomic E-state index is 14.4. The van der Waals surface area contributed by atoms with Crippen molar-refractivity contribution in [3.05, 3.63) is 0 Å². The Morgan fingerprint density at radius 3 is 1.32 bits per heavy atom. The van der Waals surface area contributed by atoms with E-state index in [4.69, 9.17) is 40.1 Å². The van der Waals surface area contributed by atoms with Gasteiger partial charge < -0.3 is 98.2 Å². The number of rotatable bonds is 40. The molecule has 0 radical (unpaired) electrons. The molecule has 25 N–H and O–H groups in total. The number of unbranched alkanes of at least 4 members (excludes halogenated alkanes) is 1. The highest BCUT2D eigenvalue weighted by Crippen LogP contribution is 2.14. The molecular weight excluding hydrogens is 1050 g/mol. The Labute approximate surface area is 467 Å². The molecule has 0 aromatic carbocycles. The molecule has 11 atom stereocenters. The first-order valence-electron chi connectivity index (χ1n) is 26.8. The lowest BCUT2D eigenvalue weighted by atomic mass is 9.96. The Kier molecular flexibility index (Phi) is 34.7. The summed E-state index contributed by atoms with van der Waals surface area (Å²) >= 11 is 0. The van der Waals surface area contributed by atoms with Gasteiger partial charge in [-0.3, -0.25) is 62.7 Å². The van der Waals surface area contributed by atoms with Gasteiger partial charge in [-0.1, -0.05) is 48.0 Å². The highest BCUT2D eigenvalue weighted by molar-refractivity contribution is 5.98. The van der Waals surface area contributed by atoms with Crippen molar-refractivity contribution in [2.24, 2.45) is 67.9 Å². The molecule has 0 fully saturated rings. The smallest absolute Gasteiger partial charge is 0.325 e. The minimum Gasteiger partial charge on any atom is -0.480 e. The summed E-state index contributed by atoms with van der Waals surface area (Å²) in [5, 5.41) is 42.0. The van der Waals surface area contributed by atoms with Crippen LogP contribution in [0, 0.1) is 17.8 Å². The fourth-order valence-corrected chi connectivity index (χ4v) is 7.50. The first kappa shape index (κ1) is 72.6. The van der Waals surface area contributed by atoms with Crippen LogP contribution < -0.4 is 88.0 Å². The van der Waals surface area contributed by atoms with Crippen molar-refractivity contribution in [2.45, 2.75) is 186 Å². The molecule has 0 bridgehead atoms. The minimum atomic E-state index is -1.60. The number of guanidine groups is 2. The van der Waals surface area contributed by atoms with Crippen LogP contribution in [0.15, 0.2) is 9.98 Å². The van der Waals surface area contributed by atoms with Crippen LogP contribution >= 0.6 is 0 Å². The third-order valence-corrected chi connectivity index (χ3v) is 12.5. The van der Waals surface area contributed by atoms with Gasteiger partial charge in [-0.05, 0) is 95.9 Å². The van der Waals surface area contributed by atoms with E-state index >= 15 is 0 Å². The number of carbonyl (C=O) groups is 11. The van der Waals surface area contributed by atoms with Gasteiger partial charge in [0.1, 0.15) is 54.4 Å². The zero-order chi connectivity index (χ0) is 61.4. The Morgan fingerprint density at radius 1 is 0.475 bits per heavy atom. The summed E-state index contributed by atoms with van der Waals surface area (Å²) in [6.45, 7) is 12.1. The molecule has 0 heterocycles. The van der Waals surface area contributed by atoms with E-state index < -0.39 is 144 Å². The summed E-state index contributed by atoms with van der Waals surface area (Å²) in [6, 6.07) is -13.3. The second kappa shape index (κ2) is 38.2. The van der Waals surface area contributed by atoms with E-state index in [0.717, 1.165) is 0 Å². The summed E-state index contributed by atoms with van der Waals surface area (Å²) in [4.78, 5) is 154. The molecule has 0 saturated heterocycles. The largest absolute Gasteiger partial charge is 0.480 e. The number of carboxylic acids is 1. The molecule has 0 saturated carbocycles. The minimum absolute atomic E-state index is 0.00477. The summed E-state index contributed by atoms with van der Waals surface area (Å²) in [7, 11) is 0. The number of primary amides is 1. The average molecular weight is 1140 g/mol. The van der Waals surface area contributed by atoms with Crippen molar-refractivity contribution in [1.29, 1.82) is 0 Å². The third-order valence-electron chi connectivity index (χ3n) is 12.5. The van der Waals surface area contributed by atoms with Crippen LogP contribution in [0.25, 0.3) is 0 Å². The van der Waals surface area contributed by atoms with Gasteiger partial charge in [-0.2, -0.15) is 0 Å². The summed E-state index contributed by atoms with van der Waals surface area (Å²) in [5.74, 6) is -11.6. The van der Waals surface area contributed by atoms with Crippen molar-refractivity contribution < 1.29 is 63.0 Å². The molecule has 0 rings (SSSR count).